The van der Waals surface area contributed by atoms with Crippen LogP contribution >= 0.6 is 11.3 Å². The van der Waals surface area contributed by atoms with Gasteiger partial charge in [0.1, 0.15) is 23.4 Å². The molecule has 0 saturated heterocycles. The minimum absolute atomic E-state index is 0.136. The Morgan fingerprint density at radius 3 is 2.43 bits per heavy atom. The third-order valence-electron chi connectivity index (χ3n) is 5.15. The van der Waals surface area contributed by atoms with Crippen LogP contribution < -0.4 is 14.8 Å². The first-order valence-corrected chi connectivity index (χ1v) is 10.3. The molecule has 0 spiro atoms. The number of thiophene rings is 1. The molecule has 2 aromatic carbocycles. The van der Waals surface area contributed by atoms with Crippen LogP contribution in [0.4, 0.5) is 0 Å². The average molecular weight is 422 g/mol. The first kappa shape index (κ1) is 20.0. The van der Waals surface area contributed by atoms with Gasteiger partial charge in [0.05, 0.1) is 19.1 Å². The predicted molar refractivity (Wildman–Crippen MR) is 119 cm³/mol. The first-order chi connectivity index (χ1) is 14.5. The second kappa shape index (κ2) is 8.20. The van der Waals surface area contributed by atoms with Gasteiger partial charge in [-0.15, -0.1) is 11.3 Å². The van der Waals surface area contributed by atoms with Crippen molar-refractivity contribution in [3.8, 4) is 11.5 Å². The summed E-state index contributed by atoms with van der Waals surface area (Å²) in [4.78, 5) is 18.5. The Balaban J connectivity index is 1.77. The highest BCUT2D eigenvalue weighted by Gasteiger charge is 2.25. The van der Waals surface area contributed by atoms with Crippen molar-refractivity contribution in [3.63, 3.8) is 0 Å². The summed E-state index contributed by atoms with van der Waals surface area (Å²) >= 11 is 1.50. The number of ether oxygens (including phenoxy) is 2. The number of carbonyl (C=O) groups excluding carboxylic acids is 1. The summed E-state index contributed by atoms with van der Waals surface area (Å²) in [5, 5.41) is 4.28. The lowest BCUT2D eigenvalue weighted by Gasteiger charge is -2.20. The topological polar surface area (TPSA) is 65.4 Å². The van der Waals surface area contributed by atoms with Gasteiger partial charge in [-0.1, -0.05) is 18.2 Å². The van der Waals surface area contributed by atoms with Crippen molar-refractivity contribution >= 4 is 27.3 Å². The van der Waals surface area contributed by atoms with Gasteiger partial charge < -0.3 is 19.4 Å². The molecule has 0 saturated carbocycles. The lowest BCUT2D eigenvalue weighted by molar-refractivity contribution is 0.0944. The fourth-order valence-corrected chi connectivity index (χ4v) is 4.65. The monoisotopic (exact) mass is 421 g/mol. The van der Waals surface area contributed by atoms with Gasteiger partial charge in [0.25, 0.3) is 5.91 Å². The van der Waals surface area contributed by atoms with Crippen LogP contribution in [0.2, 0.25) is 0 Å². The molecule has 0 aliphatic carbocycles. The Labute approximate surface area is 179 Å². The summed E-state index contributed by atoms with van der Waals surface area (Å²) in [5.74, 6) is 1.88. The number of fused-ring (bicyclic) bond motifs is 1. The number of aromatic nitrogens is 2. The van der Waals surface area contributed by atoms with Gasteiger partial charge in [0.2, 0.25) is 0 Å². The molecule has 0 bridgehead atoms. The van der Waals surface area contributed by atoms with Crippen LogP contribution in [-0.4, -0.2) is 29.7 Å². The lowest BCUT2D eigenvalue weighted by Crippen LogP contribution is -2.31. The fraction of sp³-hybridized carbons (Fsp3) is 0.217. The van der Waals surface area contributed by atoms with E-state index in [4.69, 9.17) is 9.47 Å². The van der Waals surface area contributed by atoms with Crippen LogP contribution in [0.5, 0.6) is 11.5 Å². The highest BCUT2D eigenvalue weighted by Crippen LogP contribution is 2.33. The minimum Gasteiger partial charge on any atom is -0.497 e. The number of aryl methyl sites for hydroxylation is 2. The number of imidazole rings is 1. The zero-order chi connectivity index (χ0) is 21.3. The van der Waals surface area contributed by atoms with E-state index in [1.54, 1.807) is 26.5 Å². The van der Waals surface area contributed by atoms with E-state index in [1.165, 1.54) is 11.3 Å². The molecule has 154 valence electrons. The third kappa shape index (κ3) is 3.64. The highest BCUT2D eigenvalue weighted by atomic mass is 32.1. The molecular weight excluding hydrogens is 398 g/mol. The van der Waals surface area contributed by atoms with Gasteiger partial charge in [-0.2, -0.15) is 0 Å². The quantitative estimate of drug-likeness (QED) is 0.499. The third-order valence-corrected chi connectivity index (χ3v) is 6.42. The van der Waals surface area contributed by atoms with Gasteiger partial charge in [-0.05, 0) is 41.6 Å². The van der Waals surface area contributed by atoms with Crippen molar-refractivity contribution < 1.29 is 14.3 Å². The zero-order valence-electron chi connectivity index (χ0n) is 17.3. The average Bonchev–Trinajstić information content (AvgIpc) is 3.34. The van der Waals surface area contributed by atoms with Crippen molar-refractivity contribution in [2.24, 2.45) is 7.05 Å². The van der Waals surface area contributed by atoms with E-state index in [0.717, 1.165) is 27.0 Å². The molecule has 0 fully saturated rings. The maximum absolute atomic E-state index is 13.3. The van der Waals surface area contributed by atoms with Gasteiger partial charge >= 0.3 is 0 Å². The van der Waals surface area contributed by atoms with Gasteiger partial charge in [-0.3, -0.25) is 4.79 Å². The summed E-state index contributed by atoms with van der Waals surface area (Å²) in [6.45, 7) is 1.98. The number of hydrogen-bond acceptors (Lipinski definition) is 5. The number of nitrogens with one attached hydrogen (secondary N) is 1. The summed E-state index contributed by atoms with van der Waals surface area (Å²) < 4.78 is 13.8. The van der Waals surface area contributed by atoms with Crippen LogP contribution in [0.25, 0.3) is 10.1 Å². The molecule has 0 aliphatic heterocycles. The van der Waals surface area contributed by atoms with E-state index < -0.39 is 6.04 Å². The minimum atomic E-state index is -0.467. The molecule has 0 aliphatic rings. The van der Waals surface area contributed by atoms with E-state index in [2.05, 4.69) is 10.3 Å². The maximum atomic E-state index is 13.3. The number of nitrogens with zero attached hydrogens (tertiary/aromatic N) is 2. The Bertz CT molecular complexity index is 1190. The maximum Gasteiger partial charge on any atom is 0.262 e. The van der Waals surface area contributed by atoms with E-state index in [-0.39, 0.29) is 5.91 Å². The van der Waals surface area contributed by atoms with Crippen LogP contribution in [0.15, 0.2) is 54.9 Å². The number of carbonyl (C=O) groups is 1. The summed E-state index contributed by atoms with van der Waals surface area (Å²) in [6, 6.07) is 13.2. The normalized spacial score (nSPS) is 12.0. The molecule has 4 aromatic rings. The standard InChI is InChI=1S/C23H23N3O3S/c1-14-18-7-5-6-8-19(18)30-21(14)23(27)25-20(22-24-9-10-26(22)2)15-11-16(28-3)13-17(12-15)29-4/h5-13,20H,1-4H3,(H,25,27). The Kier molecular flexibility index (Phi) is 5.46. The molecule has 1 N–H and O–H groups in total. The second-order valence-electron chi connectivity index (χ2n) is 7.00. The molecule has 0 radical (unpaired) electrons. The number of hydrogen-bond donors (Lipinski definition) is 1. The van der Waals surface area contributed by atoms with Crippen molar-refractivity contribution in [2.75, 3.05) is 14.2 Å². The largest absolute Gasteiger partial charge is 0.497 e. The second-order valence-corrected chi connectivity index (χ2v) is 8.05. The van der Waals surface area contributed by atoms with Crippen molar-refractivity contribution in [1.29, 1.82) is 0 Å². The van der Waals surface area contributed by atoms with E-state index >= 15 is 0 Å². The van der Waals surface area contributed by atoms with E-state index in [9.17, 15) is 4.79 Å². The Morgan fingerprint density at radius 2 is 1.83 bits per heavy atom. The highest BCUT2D eigenvalue weighted by molar-refractivity contribution is 7.21. The van der Waals surface area contributed by atoms with Crippen LogP contribution in [0.1, 0.15) is 32.7 Å². The summed E-state index contributed by atoms with van der Waals surface area (Å²) in [7, 11) is 5.12. The SMILES string of the molecule is COc1cc(OC)cc(C(NC(=O)c2sc3ccccc3c2C)c2nccn2C)c1. The lowest BCUT2D eigenvalue weighted by atomic mass is 10.0. The van der Waals surface area contributed by atoms with Crippen molar-refractivity contribution in [2.45, 2.75) is 13.0 Å². The van der Waals surface area contributed by atoms with Crippen molar-refractivity contribution in [1.82, 2.24) is 14.9 Å². The fourth-order valence-electron chi connectivity index (χ4n) is 3.54. The Hall–Kier alpha value is -3.32. The molecule has 4 rings (SSSR count). The molecule has 6 nitrogen and oxygen atoms in total. The molecule has 2 aromatic heterocycles. The van der Waals surface area contributed by atoms with E-state index in [0.29, 0.717) is 16.4 Å². The first-order valence-electron chi connectivity index (χ1n) is 9.51. The number of methoxy groups -OCH3 is 2. The Morgan fingerprint density at radius 1 is 1.13 bits per heavy atom. The van der Waals surface area contributed by atoms with Gasteiger partial charge in [-0.25, -0.2) is 4.98 Å². The number of benzene rings is 2. The molecule has 7 heteroatoms. The summed E-state index contributed by atoms with van der Waals surface area (Å²) in [5.41, 5.74) is 1.81. The molecule has 30 heavy (non-hydrogen) atoms. The predicted octanol–water partition coefficient (Wildman–Crippen LogP) is 4.48. The van der Waals surface area contributed by atoms with Crippen molar-refractivity contribution in [3.05, 3.63) is 76.7 Å². The number of rotatable bonds is 6. The number of amides is 1. The zero-order valence-corrected chi connectivity index (χ0v) is 18.1. The van der Waals surface area contributed by atoms with Gasteiger partial charge in [0, 0.05) is 30.2 Å². The molecular formula is C23H23N3O3S. The van der Waals surface area contributed by atoms with E-state index in [1.807, 2.05) is 61.1 Å². The van der Waals surface area contributed by atoms with Crippen LogP contribution in [0, 0.1) is 6.92 Å². The molecule has 2 heterocycles. The smallest absolute Gasteiger partial charge is 0.262 e. The molecule has 1 unspecified atom stereocenters. The molecule has 1 atom stereocenters. The summed E-state index contributed by atoms with van der Waals surface area (Å²) in [6.07, 6.45) is 3.58. The van der Waals surface area contributed by atoms with Crippen LogP contribution in [0.3, 0.4) is 0 Å². The molecule has 1 amide bonds. The van der Waals surface area contributed by atoms with Gasteiger partial charge in [0.15, 0.2) is 0 Å². The van der Waals surface area contributed by atoms with Crippen LogP contribution in [-0.2, 0) is 7.05 Å².